The van der Waals surface area contributed by atoms with E-state index in [1.165, 1.54) is 0 Å². The molecule has 1 aromatic carbocycles. The highest BCUT2D eigenvalue weighted by molar-refractivity contribution is 6.18. The van der Waals surface area contributed by atoms with Gasteiger partial charge in [0.25, 0.3) is 11.8 Å². The molecule has 3 rings (SSSR count). The molecule has 0 spiro atoms. The summed E-state index contributed by atoms with van der Waals surface area (Å²) in [6, 6.07) is 5.68. The quantitative estimate of drug-likeness (QED) is 0.668. The Morgan fingerprint density at radius 3 is 1.93 bits per heavy atom. The number of benzene rings is 1. The predicted molar refractivity (Wildman–Crippen MR) is 120 cm³/mol. The molecule has 2 heterocycles. The minimum absolute atomic E-state index is 0.0375. The number of aliphatic hydroxyl groups excluding tert-OH is 1. The molecular formula is C23H34ClN3O3. The molecule has 0 aromatic heterocycles. The number of aliphatic hydroxyl groups is 1. The zero-order valence-electron chi connectivity index (χ0n) is 18.1. The summed E-state index contributed by atoms with van der Waals surface area (Å²) >= 11 is 5.71. The molecule has 2 saturated heterocycles. The van der Waals surface area contributed by atoms with Crippen LogP contribution in [0.2, 0.25) is 0 Å². The molecule has 0 radical (unpaired) electrons. The van der Waals surface area contributed by atoms with E-state index in [-0.39, 0.29) is 36.3 Å². The molecule has 2 N–H and O–H groups in total. The third kappa shape index (κ3) is 5.46. The Bertz CT molecular complexity index is 705. The van der Waals surface area contributed by atoms with Crippen LogP contribution in [-0.2, 0) is 0 Å². The Kier molecular flexibility index (Phi) is 8.00. The molecule has 166 valence electrons. The van der Waals surface area contributed by atoms with Crippen molar-refractivity contribution in [1.82, 2.24) is 9.80 Å². The zero-order chi connectivity index (χ0) is 21.7. The molecule has 0 bridgehead atoms. The van der Waals surface area contributed by atoms with Gasteiger partial charge in [-0.25, -0.2) is 0 Å². The van der Waals surface area contributed by atoms with Gasteiger partial charge in [0.1, 0.15) is 0 Å². The molecule has 3 unspecified atom stereocenters. The number of nitrogens with zero attached hydrogens (tertiary/aromatic N) is 2. The van der Waals surface area contributed by atoms with E-state index in [0.717, 1.165) is 51.6 Å². The fourth-order valence-corrected chi connectivity index (χ4v) is 4.51. The number of hydrogen-bond acceptors (Lipinski definition) is 4. The van der Waals surface area contributed by atoms with E-state index in [1.807, 2.05) is 9.80 Å². The van der Waals surface area contributed by atoms with E-state index < -0.39 is 6.10 Å². The SMILES string of the molecule is CC1CCCCN1C(=O)c1cc(NCC(O)CCl)cc(C(=O)N2CCCCC2C)c1. The topological polar surface area (TPSA) is 72.9 Å². The van der Waals surface area contributed by atoms with Crippen molar-refractivity contribution in [2.45, 2.75) is 70.6 Å². The summed E-state index contributed by atoms with van der Waals surface area (Å²) in [5.41, 5.74) is 1.69. The normalized spacial score (nSPS) is 23.2. The van der Waals surface area contributed by atoms with Crippen molar-refractivity contribution < 1.29 is 14.7 Å². The number of halogens is 1. The van der Waals surface area contributed by atoms with E-state index in [1.54, 1.807) is 18.2 Å². The number of likely N-dealkylation sites (tertiary alicyclic amines) is 2. The van der Waals surface area contributed by atoms with Crippen LogP contribution in [0.3, 0.4) is 0 Å². The summed E-state index contributed by atoms with van der Waals surface area (Å²) in [5.74, 6) is 0.0440. The average molecular weight is 436 g/mol. The highest BCUT2D eigenvalue weighted by atomic mass is 35.5. The minimum Gasteiger partial charge on any atom is -0.390 e. The van der Waals surface area contributed by atoms with Gasteiger partial charge in [0, 0.05) is 48.5 Å². The molecule has 0 saturated carbocycles. The number of alkyl halides is 1. The number of carbonyl (C=O) groups is 2. The molecule has 6 nitrogen and oxygen atoms in total. The molecule has 2 amide bonds. The third-order valence-electron chi connectivity index (χ3n) is 6.27. The van der Waals surface area contributed by atoms with Gasteiger partial charge in [-0.05, 0) is 70.6 Å². The van der Waals surface area contributed by atoms with E-state index in [2.05, 4.69) is 19.2 Å². The second-order valence-corrected chi connectivity index (χ2v) is 8.98. The molecule has 1 aromatic rings. The van der Waals surface area contributed by atoms with Crippen molar-refractivity contribution in [3.05, 3.63) is 29.3 Å². The number of carbonyl (C=O) groups excluding carboxylic acids is 2. The first kappa shape index (κ1) is 22.9. The molecule has 2 aliphatic rings. The molecule has 0 aliphatic carbocycles. The van der Waals surface area contributed by atoms with E-state index in [9.17, 15) is 14.7 Å². The number of nitrogens with one attached hydrogen (secondary N) is 1. The first-order valence-electron chi connectivity index (χ1n) is 11.2. The van der Waals surface area contributed by atoms with Crippen LogP contribution < -0.4 is 5.32 Å². The Hall–Kier alpha value is -1.79. The van der Waals surface area contributed by atoms with Gasteiger partial charge in [-0.2, -0.15) is 0 Å². The maximum absolute atomic E-state index is 13.3. The summed E-state index contributed by atoms with van der Waals surface area (Å²) in [6.07, 6.45) is 5.60. The standard InChI is InChI=1S/C23H34ClN3O3/c1-16-7-3-5-9-26(16)22(29)18-11-19(13-20(12-18)25-15-21(28)14-24)23(30)27-10-6-4-8-17(27)2/h11-13,16-17,21,25,28H,3-10,14-15H2,1-2H3. The highest BCUT2D eigenvalue weighted by Gasteiger charge is 2.28. The fourth-order valence-electron chi connectivity index (χ4n) is 4.40. The van der Waals surface area contributed by atoms with E-state index in [0.29, 0.717) is 16.8 Å². The van der Waals surface area contributed by atoms with Crippen molar-refractivity contribution in [3.8, 4) is 0 Å². The summed E-state index contributed by atoms with van der Waals surface area (Å²) in [4.78, 5) is 30.4. The fraction of sp³-hybridized carbons (Fsp3) is 0.652. The van der Waals surface area contributed by atoms with Gasteiger partial charge in [0.05, 0.1) is 12.0 Å². The van der Waals surface area contributed by atoms with Crippen LogP contribution in [0.15, 0.2) is 18.2 Å². The predicted octanol–water partition coefficient (Wildman–Crippen LogP) is 3.73. The maximum Gasteiger partial charge on any atom is 0.254 e. The van der Waals surface area contributed by atoms with Crippen molar-refractivity contribution >= 4 is 29.1 Å². The van der Waals surface area contributed by atoms with Crippen molar-refractivity contribution in [2.24, 2.45) is 0 Å². The van der Waals surface area contributed by atoms with Crippen molar-refractivity contribution in [3.63, 3.8) is 0 Å². The van der Waals surface area contributed by atoms with Crippen LogP contribution in [0.25, 0.3) is 0 Å². The monoisotopic (exact) mass is 435 g/mol. The Morgan fingerprint density at radius 2 is 1.50 bits per heavy atom. The number of rotatable bonds is 6. The Morgan fingerprint density at radius 1 is 1.00 bits per heavy atom. The van der Waals surface area contributed by atoms with Gasteiger partial charge >= 0.3 is 0 Å². The zero-order valence-corrected chi connectivity index (χ0v) is 18.8. The summed E-state index contributed by atoms with van der Waals surface area (Å²) in [5, 5.41) is 12.9. The van der Waals surface area contributed by atoms with Crippen LogP contribution in [0, 0.1) is 0 Å². The molecule has 7 heteroatoms. The lowest BCUT2D eigenvalue weighted by Gasteiger charge is -2.34. The van der Waals surface area contributed by atoms with Crippen molar-refractivity contribution in [1.29, 1.82) is 0 Å². The lowest BCUT2D eigenvalue weighted by Crippen LogP contribution is -2.43. The Labute approximate surface area is 184 Å². The van der Waals surface area contributed by atoms with Crippen LogP contribution in [0.5, 0.6) is 0 Å². The van der Waals surface area contributed by atoms with Gasteiger partial charge in [0.15, 0.2) is 0 Å². The summed E-state index contributed by atoms with van der Waals surface area (Å²) < 4.78 is 0. The lowest BCUT2D eigenvalue weighted by molar-refractivity contribution is 0.0634. The van der Waals surface area contributed by atoms with Gasteiger partial charge in [-0.1, -0.05) is 0 Å². The van der Waals surface area contributed by atoms with E-state index in [4.69, 9.17) is 11.6 Å². The molecule has 2 fully saturated rings. The third-order valence-corrected chi connectivity index (χ3v) is 6.63. The second kappa shape index (κ2) is 10.5. The van der Waals surface area contributed by atoms with Crippen LogP contribution in [0.4, 0.5) is 5.69 Å². The second-order valence-electron chi connectivity index (χ2n) is 8.67. The highest BCUT2D eigenvalue weighted by Crippen LogP contribution is 2.25. The number of amides is 2. The molecular weight excluding hydrogens is 402 g/mol. The largest absolute Gasteiger partial charge is 0.390 e. The van der Waals surface area contributed by atoms with Gasteiger partial charge < -0.3 is 20.2 Å². The van der Waals surface area contributed by atoms with Crippen LogP contribution in [-0.4, -0.2) is 70.4 Å². The maximum atomic E-state index is 13.3. The van der Waals surface area contributed by atoms with Crippen molar-refractivity contribution in [2.75, 3.05) is 30.8 Å². The van der Waals surface area contributed by atoms with Crippen LogP contribution in [0.1, 0.15) is 73.1 Å². The first-order chi connectivity index (χ1) is 14.4. The smallest absolute Gasteiger partial charge is 0.254 e. The van der Waals surface area contributed by atoms with E-state index >= 15 is 0 Å². The van der Waals surface area contributed by atoms with Gasteiger partial charge in [-0.3, -0.25) is 9.59 Å². The molecule has 3 atom stereocenters. The summed E-state index contributed by atoms with van der Waals surface area (Å²) in [6.45, 7) is 5.91. The Balaban J connectivity index is 1.89. The molecule has 2 aliphatic heterocycles. The minimum atomic E-state index is -0.700. The molecule has 30 heavy (non-hydrogen) atoms. The number of anilines is 1. The van der Waals surface area contributed by atoms with Gasteiger partial charge in [0.2, 0.25) is 0 Å². The summed E-state index contributed by atoms with van der Waals surface area (Å²) in [7, 11) is 0. The lowest BCUT2D eigenvalue weighted by atomic mass is 9.99. The first-order valence-corrected chi connectivity index (χ1v) is 11.7. The number of hydrogen-bond donors (Lipinski definition) is 2. The number of piperidine rings is 2. The van der Waals surface area contributed by atoms with Crippen LogP contribution >= 0.6 is 11.6 Å². The van der Waals surface area contributed by atoms with Gasteiger partial charge in [-0.15, -0.1) is 11.6 Å². The average Bonchev–Trinajstić information content (AvgIpc) is 2.77.